The summed E-state index contributed by atoms with van der Waals surface area (Å²) in [6, 6.07) is 0. The van der Waals surface area contributed by atoms with Gasteiger partial charge in [0, 0.05) is 11.8 Å². The first-order valence-electron chi connectivity index (χ1n) is 8.96. The number of rotatable bonds is 1. The fourth-order valence-corrected chi connectivity index (χ4v) is 5.85. The number of hydrogen-bond donors (Lipinski definition) is 0. The van der Waals surface area contributed by atoms with E-state index in [0.717, 1.165) is 32.1 Å². The SMILES string of the molecule is COC(=O)C1(C)CC[C@H]2C(=CC[C@H]3C(C)(C)C(=O)CC[C@]23C)C1. The number of allylic oxidation sites excluding steroid dienone is 2. The van der Waals surface area contributed by atoms with E-state index in [2.05, 4.69) is 26.8 Å². The fourth-order valence-electron chi connectivity index (χ4n) is 5.85. The molecule has 0 aromatic rings. The Balaban J connectivity index is 1.93. The van der Waals surface area contributed by atoms with Gasteiger partial charge in [-0.3, -0.25) is 9.59 Å². The number of methoxy groups -OCH3 is 1. The quantitative estimate of drug-likeness (QED) is 0.534. The molecule has 0 aliphatic heterocycles. The Morgan fingerprint density at radius 1 is 1.22 bits per heavy atom. The average Bonchev–Trinajstić information content (AvgIpc) is 2.50. The second kappa shape index (κ2) is 5.19. The molecule has 3 rings (SSSR count). The minimum absolute atomic E-state index is 0.0803. The van der Waals surface area contributed by atoms with Crippen molar-refractivity contribution in [2.24, 2.45) is 28.1 Å². The molecule has 0 N–H and O–H groups in total. The van der Waals surface area contributed by atoms with Crippen LogP contribution >= 0.6 is 0 Å². The number of ether oxygens (including phenoxy) is 1. The number of carbonyl (C=O) groups is 2. The van der Waals surface area contributed by atoms with Crippen molar-refractivity contribution in [1.29, 1.82) is 0 Å². The number of ketones is 1. The highest BCUT2D eigenvalue weighted by atomic mass is 16.5. The first-order valence-corrected chi connectivity index (χ1v) is 8.96. The van der Waals surface area contributed by atoms with Crippen LogP contribution in [0.2, 0.25) is 0 Å². The van der Waals surface area contributed by atoms with Crippen LogP contribution in [-0.2, 0) is 14.3 Å². The zero-order valence-electron chi connectivity index (χ0n) is 15.2. The Bertz CT molecular complexity index is 573. The van der Waals surface area contributed by atoms with Crippen LogP contribution in [0.25, 0.3) is 0 Å². The molecule has 3 heteroatoms. The maximum Gasteiger partial charge on any atom is 0.311 e. The minimum atomic E-state index is -0.375. The van der Waals surface area contributed by atoms with E-state index < -0.39 is 0 Å². The second-order valence-corrected chi connectivity index (χ2v) is 9.04. The molecule has 23 heavy (non-hydrogen) atoms. The molecule has 0 amide bonds. The molecule has 128 valence electrons. The van der Waals surface area contributed by atoms with E-state index >= 15 is 0 Å². The van der Waals surface area contributed by atoms with Crippen LogP contribution in [-0.4, -0.2) is 18.9 Å². The van der Waals surface area contributed by atoms with Crippen molar-refractivity contribution in [1.82, 2.24) is 0 Å². The minimum Gasteiger partial charge on any atom is -0.469 e. The van der Waals surface area contributed by atoms with Gasteiger partial charge in [0.2, 0.25) is 0 Å². The predicted octanol–water partition coefficient (Wildman–Crippen LogP) is 4.31. The van der Waals surface area contributed by atoms with E-state index in [9.17, 15) is 9.59 Å². The molecule has 0 bridgehead atoms. The van der Waals surface area contributed by atoms with Gasteiger partial charge in [0.25, 0.3) is 0 Å². The van der Waals surface area contributed by atoms with Gasteiger partial charge in [-0.2, -0.15) is 0 Å². The van der Waals surface area contributed by atoms with E-state index in [-0.39, 0.29) is 22.2 Å². The molecule has 0 saturated heterocycles. The lowest BCUT2D eigenvalue weighted by Gasteiger charge is -2.58. The molecule has 3 nitrogen and oxygen atoms in total. The molecule has 2 saturated carbocycles. The highest BCUT2D eigenvalue weighted by molar-refractivity contribution is 5.85. The summed E-state index contributed by atoms with van der Waals surface area (Å²) < 4.78 is 5.04. The molecule has 0 heterocycles. The molecule has 1 unspecified atom stereocenters. The van der Waals surface area contributed by atoms with Gasteiger partial charge in [-0.05, 0) is 56.3 Å². The topological polar surface area (TPSA) is 43.4 Å². The van der Waals surface area contributed by atoms with Crippen molar-refractivity contribution in [2.75, 3.05) is 7.11 Å². The Morgan fingerprint density at radius 2 is 1.91 bits per heavy atom. The summed E-state index contributed by atoms with van der Waals surface area (Å²) in [5, 5.41) is 0. The smallest absolute Gasteiger partial charge is 0.311 e. The molecule has 0 radical (unpaired) electrons. The van der Waals surface area contributed by atoms with E-state index in [4.69, 9.17) is 4.74 Å². The van der Waals surface area contributed by atoms with Gasteiger partial charge < -0.3 is 4.74 Å². The van der Waals surface area contributed by atoms with Crippen LogP contribution in [0.4, 0.5) is 0 Å². The third-order valence-corrected chi connectivity index (χ3v) is 7.39. The third-order valence-electron chi connectivity index (χ3n) is 7.39. The van der Waals surface area contributed by atoms with Crippen LogP contribution in [0.1, 0.15) is 66.2 Å². The number of fused-ring (bicyclic) bond motifs is 3. The average molecular weight is 318 g/mol. The van der Waals surface area contributed by atoms with Gasteiger partial charge in [0.05, 0.1) is 12.5 Å². The molecule has 2 fully saturated rings. The maximum absolute atomic E-state index is 12.4. The second-order valence-electron chi connectivity index (χ2n) is 9.04. The molecule has 4 atom stereocenters. The normalized spacial score (nSPS) is 42.3. The van der Waals surface area contributed by atoms with Crippen LogP contribution in [0.15, 0.2) is 11.6 Å². The van der Waals surface area contributed by atoms with Crippen molar-refractivity contribution in [3.8, 4) is 0 Å². The summed E-state index contributed by atoms with van der Waals surface area (Å²) in [5.41, 5.74) is 1.03. The first kappa shape index (κ1) is 16.7. The zero-order valence-corrected chi connectivity index (χ0v) is 15.2. The predicted molar refractivity (Wildman–Crippen MR) is 89.8 cm³/mol. The van der Waals surface area contributed by atoms with Gasteiger partial charge >= 0.3 is 5.97 Å². The van der Waals surface area contributed by atoms with E-state index in [1.54, 1.807) is 0 Å². The summed E-state index contributed by atoms with van der Waals surface area (Å²) in [5.74, 6) is 1.29. The van der Waals surface area contributed by atoms with Crippen molar-refractivity contribution in [3.63, 3.8) is 0 Å². The lowest BCUT2D eigenvalue weighted by Crippen LogP contribution is -2.54. The highest BCUT2D eigenvalue weighted by Gasteiger charge is 2.57. The van der Waals surface area contributed by atoms with Crippen molar-refractivity contribution in [3.05, 3.63) is 11.6 Å². The van der Waals surface area contributed by atoms with Crippen LogP contribution in [0, 0.1) is 28.1 Å². The van der Waals surface area contributed by atoms with Gasteiger partial charge in [-0.25, -0.2) is 0 Å². The standard InChI is InChI=1S/C20H30O3/c1-18(2)15-7-6-13-12-19(3,17(22)23-5)10-8-14(13)20(15,4)11-9-16(18)21/h6,14-15H,7-12H2,1-5H3/t14-,15-,19?,20+/m0/s1. The van der Waals surface area contributed by atoms with Gasteiger partial charge in [-0.1, -0.05) is 32.4 Å². The van der Waals surface area contributed by atoms with Crippen LogP contribution < -0.4 is 0 Å². The number of hydrogen-bond acceptors (Lipinski definition) is 3. The molecular formula is C20H30O3. The first-order chi connectivity index (χ1) is 10.6. The molecule has 3 aliphatic rings. The van der Waals surface area contributed by atoms with Gasteiger partial charge in [0.1, 0.15) is 5.78 Å². The lowest BCUT2D eigenvalue weighted by atomic mass is 9.45. The fraction of sp³-hybridized carbons (Fsp3) is 0.800. The van der Waals surface area contributed by atoms with Crippen molar-refractivity contribution in [2.45, 2.75) is 66.2 Å². The number of Topliss-reactive ketones (excluding diaryl/α,β-unsaturated/α-hetero) is 1. The van der Waals surface area contributed by atoms with Crippen LogP contribution in [0.3, 0.4) is 0 Å². The zero-order chi connectivity index (χ0) is 17.0. The third kappa shape index (κ3) is 2.30. The summed E-state index contributed by atoms with van der Waals surface area (Å²) >= 11 is 0. The molecule has 0 spiro atoms. The number of carbonyl (C=O) groups excluding carboxylic acids is 2. The molecule has 0 aromatic carbocycles. The largest absolute Gasteiger partial charge is 0.469 e. The highest BCUT2D eigenvalue weighted by Crippen LogP contribution is 2.62. The van der Waals surface area contributed by atoms with Crippen LogP contribution in [0.5, 0.6) is 0 Å². The Labute approximate surface area is 139 Å². The monoisotopic (exact) mass is 318 g/mol. The molecule has 0 aromatic heterocycles. The Kier molecular flexibility index (Phi) is 3.77. The molecular weight excluding hydrogens is 288 g/mol. The summed E-state index contributed by atoms with van der Waals surface area (Å²) in [6.45, 7) is 8.71. The van der Waals surface area contributed by atoms with Gasteiger partial charge in [-0.15, -0.1) is 0 Å². The van der Waals surface area contributed by atoms with Crippen molar-refractivity contribution >= 4 is 11.8 Å². The summed E-state index contributed by atoms with van der Waals surface area (Å²) in [4.78, 5) is 24.6. The Hall–Kier alpha value is -1.12. The maximum atomic E-state index is 12.4. The number of esters is 1. The Morgan fingerprint density at radius 3 is 2.57 bits per heavy atom. The van der Waals surface area contributed by atoms with E-state index in [1.165, 1.54) is 12.7 Å². The summed E-state index contributed by atoms with van der Waals surface area (Å²) in [6.07, 6.45) is 7.76. The van der Waals surface area contributed by atoms with Gasteiger partial charge in [0.15, 0.2) is 0 Å². The summed E-state index contributed by atoms with van der Waals surface area (Å²) in [7, 11) is 1.49. The van der Waals surface area contributed by atoms with E-state index in [1.807, 2.05) is 6.92 Å². The van der Waals surface area contributed by atoms with E-state index in [0.29, 0.717) is 24.0 Å². The van der Waals surface area contributed by atoms with Crippen molar-refractivity contribution < 1.29 is 14.3 Å². The molecule has 3 aliphatic carbocycles. The lowest BCUT2D eigenvalue weighted by molar-refractivity contribution is -0.155.